The van der Waals surface area contributed by atoms with Gasteiger partial charge in [-0.2, -0.15) is 0 Å². The van der Waals surface area contributed by atoms with Crippen molar-refractivity contribution in [1.82, 2.24) is 0 Å². The number of hydrogen-bond acceptors (Lipinski definition) is 1. The van der Waals surface area contributed by atoms with Gasteiger partial charge in [-0.1, -0.05) is 71.5 Å². The predicted octanol–water partition coefficient (Wildman–Crippen LogP) is 4.22. The topological polar surface area (TPSA) is 37.3 Å². The van der Waals surface area contributed by atoms with Crippen molar-refractivity contribution < 1.29 is 9.90 Å². The zero-order valence-electron chi connectivity index (χ0n) is 8.46. The molecule has 1 aliphatic carbocycles. The van der Waals surface area contributed by atoms with Crippen LogP contribution < -0.4 is 0 Å². The maximum Gasteiger partial charge on any atom is 0.323 e. The van der Waals surface area contributed by atoms with Gasteiger partial charge >= 0.3 is 5.97 Å². The summed E-state index contributed by atoms with van der Waals surface area (Å²) in [4.78, 5) is 11.2. The summed E-state index contributed by atoms with van der Waals surface area (Å²) in [6, 6.07) is 7.43. The molecule has 1 aliphatic rings. The molecule has 1 aromatic carbocycles. The van der Waals surface area contributed by atoms with E-state index in [1.165, 1.54) is 0 Å². The number of hydrogen-bond donors (Lipinski definition) is 1. The Morgan fingerprint density at radius 2 is 1.82 bits per heavy atom. The summed E-state index contributed by atoms with van der Waals surface area (Å²) in [6.45, 7) is 0. The molecule has 1 N–H and O–H groups in total. The SMILES string of the molecule is O=C(O)C1(Br)C(Cc2ccc(Cl)cc2)C1(Br)Br. The monoisotopic (exact) mass is 444 g/mol. The van der Waals surface area contributed by atoms with E-state index in [0.29, 0.717) is 11.4 Å². The molecule has 0 aromatic heterocycles. The van der Waals surface area contributed by atoms with E-state index in [9.17, 15) is 9.90 Å². The van der Waals surface area contributed by atoms with E-state index in [1.807, 2.05) is 12.1 Å². The Labute approximate surface area is 129 Å². The molecule has 0 heterocycles. The zero-order valence-corrected chi connectivity index (χ0v) is 14.0. The van der Waals surface area contributed by atoms with Crippen LogP contribution in [0.25, 0.3) is 0 Å². The summed E-state index contributed by atoms with van der Waals surface area (Å²) in [5, 5.41) is 9.89. The average Bonchev–Trinajstić information content (AvgIpc) is 2.68. The van der Waals surface area contributed by atoms with Crippen molar-refractivity contribution in [2.75, 3.05) is 0 Å². The van der Waals surface area contributed by atoms with E-state index in [2.05, 4.69) is 47.8 Å². The van der Waals surface area contributed by atoms with Gasteiger partial charge in [0.05, 0.1) is 0 Å². The van der Waals surface area contributed by atoms with Crippen LogP contribution in [0.15, 0.2) is 24.3 Å². The van der Waals surface area contributed by atoms with Gasteiger partial charge in [-0.25, -0.2) is 0 Å². The molecule has 92 valence electrons. The first-order chi connectivity index (χ1) is 7.80. The number of rotatable bonds is 3. The van der Waals surface area contributed by atoms with Crippen LogP contribution in [-0.2, 0) is 11.2 Å². The highest BCUT2D eigenvalue weighted by atomic mass is 79.9. The maximum absolute atomic E-state index is 11.2. The van der Waals surface area contributed by atoms with Crippen LogP contribution in [0.4, 0.5) is 0 Å². The van der Waals surface area contributed by atoms with E-state index in [4.69, 9.17) is 11.6 Å². The fourth-order valence-electron chi connectivity index (χ4n) is 1.86. The van der Waals surface area contributed by atoms with Crippen molar-refractivity contribution in [2.45, 2.75) is 14.0 Å². The Bertz CT molecular complexity index is 460. The van der Waals surface area contributed by atoms with Crippen LogP contribution in [0.1, 0.15) is 5.56 Å². The van der Waals surface area contributed by atoms with Crippen LogP contribution >= 0.6 is 59.4 Å². The number of aliphatic carboxylic acids is 1. The molecule has 0 spiro atoms. The molecule has 2 unspecified atom stereocenters. The predicted molar refractivity (Wildman–Crippen MR) is 78.5 cm³/mol. The van der Waals surface area contributed by atoms with Gasteiger partial charge in [0.2, 0.25) is 0 Å². The Balaban J connectivity index is 2.17. The van der Waals surface area contributed by atoms with Crippen molar-refractivity contribution in [2.24, 2.45) is 5.92 Å². The first-order valence-corrected chi connectivity index (χ1v) is 7.60. The van der Waals surface area contributed by atoms with Gasteiger partial charge in [0.15, 0.2) is 4.32 Å². The molecule has 0 radical (unpaired) electrons. The minimum atomic E-state index is -0.959. The smallest absolute Gasteiger partial charge is 0.323 e. The highest BCUT2D eigenvalue weighted by Crippen LogP contribution is 2.70. The number of alkyl halides is 3. The van der Waals surface area contributed by atoms with Crippen molar-refractivity contribution >= 4 is 65.4 Å². The second-order valence-corrected chi connectivity index (χ2v) is 9.28. The van der Waals surface area contributed by atoms with Crippen molar-refractivity contribution in [1.29, 1.82) is 0 Å². The largest absolute Gasteiger partial charge is 0.480 e. The molecule has 6 heteroatoms. The van der Waals surface area contributed by atoms with Crippen LogP contribution in [0.2, 0.25) is 5.02 Å². The normalized spacial score (nSPS) is 30.0. The van der Waals surface area contributed by atoms with E-state index < -0.39 is 13.5 Å². The molecule has 0 aliphatic heterocycles. The summed E-state index contributed by atoms with van der Waals surface area (Å²) in [7, 11) is 0. The van der Waals surface area contributed by atoms with E-state index in [0.717, 1.165) is 5.56 Å². The summed E-state index contributed by atoms with van der Waals surface area (Å²) < 4.78 is -1.56. The lowest BCUT2D eigenvalue weighted by Gasteiger charge is -2.02. The second-order valence-electron chi connectivity index (χ2n) is 4.02. The summed E-state index contributed by atoms with van der Waals surface area (Å²) in [5.41, 5.74) is 1.06. The van der Waals surface area contributed by atoms with Crippen LogP contribution in [0, 0.1) is 5.92 Å². The molecule has 0 amide bonds. The third kappa shape index (κ3) is 2.20. The summed E-state index contributed by atoms with van der Waals surface area (Å²) >= 11 is 15.9. The lowest BCUT2D eigenvalue weighted by molar-refractivity contribution is -0.137. The molecule has 17 heavy (non-hydrogen) atoms. The lowest BCUT2D eigenvalue weighted by Crippen LogP contribution is -2.21. The van der Waals surface area contributed by atoms with E-state index in [1.54, 1.807) is 12.1 Å². The van der Waals surface area contributed by atoms with Crippen LogP contribution in [-0.4, -0.2) is 18.6 Å². The molecule has 2 nitrogen and oxygen atoms in total. The number of carboxylic acid groups (broad SMARTS) is 1. The van der Waals surface area contributed by atoms with Gasteiger partial charge < -0.3 is 5.11 Å². The third-order valence-corrected chi connectivity index (χ3v) is 8.17. The van der Waals surface area contributed by atoms with Gasteiger partial charge in [-0.05, 0) is 24.1 Å². The summed E-state index contributed by atoms with van der Waals surface area (Å²) in [5.74, 6) is -0.932. The van der Waals surface area contributed by atoms with Gasteiger partial charge in [0, 0.05) is 10.9 Å². The molecule has 0 bridgehead atoms. The third-order valence-electron chi connectivity index (χ3n) is 2.98. The first kappa shape index (κ1) is 13.8. The Morgan fingerprint density at radius 1 is 1.29 bits per heavy atom. The van der Waals surface area contributed by atoms with Gasteiger partial charge in [-0.15, -0.1) is 0 Å². The summed E-state index contributed by atoms with van der Waals surface area (Å²) in [6.07, 6.45) is 0.658. The van der Waals surface area contributed by atoms with Crippen molar-refractivity contribution in [3.63, 3.8) is 0 Å². The van der Waals surface area contributed by atoms with Crippen LogP contribution in [0.3, 0.4) is 0 Å². The quantitative estimate of drug-likeness (QED) is 0.705. The Morgan fingerprint density at radius 3 is 2.24 bits per heavy atom. The van der Waals surface area contributed by atoms with E-state index in [-0.39, 0.29) is 5.92 Å². The Hall–Kier alpha value is 0.420. The zero-order chi connectivity index (χ0) is 12.8. The molecule has 1 saturated carbocycles. The molecular weight excluding hydrogens is 439 g/mol. The molecule has 2 rings (SSSR count). The lowest BCUT2D eigenvalue weighted by atomic mass is 10.1. The highest BCUT2D eigenvalue weighted by molar-refractivity contribution is 9.26. The van der Waals surface area contributed by atoms with Gasteiger partial charge in [0.1, 0.15) is 3.23 Å². The van der Waals surface area contributed by atoms with Gasteiger partial charge in [0.25, 0.3) is 0 Å². The number of benzene rings is 1. The van der Waals surface area contributed by atoms with Crippen molar-refractivity contribution in [3.8, 4) is 0 Å². The second kappa shape index (κ2) is 4.51. The fraction of sp³-hybridized carbons (Fsp3) is 0.364. The van der Waals surface area contributed by atoms with Crippen LogP contribution in [0.5, 0.6) is 0 Å². The maximum atomic E-state index is 11.2. The molecular formula is C11H8Br3ClO2. The standard InChI is InChI=1S/C11H8Br3ClO2/c12-10(9(16)17)8(11(10,13)14)5-6-1-3-7(15)4-2-6/h1-4,8H,5H2,(H,16,17). The van der Waals surface area contributed by atoms with Crippen molar-refractivity contribution in [3.05, 3.63) is 34.9 Å². The minimum Gasteiger partial charge on any atom is -0.480 e. The highest BCUT2D eigenvalue weighted by Gasteiger charge is 2.78. The Kier molecular flexibility index (Phi) is 3.67. The minimum absolute atomic E-state index is 0.0614. The van der Waals surface area contributed by atoms with E-state index >= 15 is 0 Å². The number of carboxylic acids is 1. The fourth-order valence-corrected chi connectivity index (χ4v) is 4.94. The molecule has 2 atom stereocenters. The molecule has 1 aromatic rings. The molecule has 0 saturated heterocycles. The number of carbonyl (C=O) groups is 1. The number of halogens is 4. The average molecular weight is 447 g/mol. The molecule has 1 fully saturated rings. The first-order valence-electron chi connectivity index (χ1n) is 4.84. The van der Waals surface area contributed by atoms with Gasteiger partial charge in [-0.3, -0.25) is 4.79 Å².